The van der Waals surface area contributed by atoms with Crippen LogP contribution in [0.5, 0.6) is 0 Å². The first-order valence-electron chi connectivity index (χ1n) is 6.86. The lowest BCUT2D eigenvalue weighted by atomic mass is 10.1. The number of benzene rings is 1. The Kier molecular flexibility index (Phi) is 4.43. The second-order valence-electron chi connectivity index (χ2n) is 5.58. The van der Waals surface area contributed by atoms with E-state index in [0.717, 1.165) is 30.5 Å². The van der Waals surface area contributed by atoms with Crippen molar-refractivity contribution in [2.24, 2.45) is 5.73 Å². The predicted octanol–water partition coefficient (Wildman–Crippen LogP) is 1.61. The van der Waals surface area contributed by atoms with Crippen molar-refractivity contribution in [3.63, 3.8) is 0 Å². The lowest BCUT2D eigenvalue weighted by molar-refractivity contribution is -0.127. The topological polar surface area (TPSA) is 58.4 Å². The standard InChI is InChI=1S/C15H23N3O/c1-18(2)15(19)9-11-3-6-13(7-4-11)17-14-8-5-12(16)10-14/h3-4,6-7,12,14,17H,5,8-10,16H2,1-2H3. The summed E-state index contributed by atoms with van der Waals surface area (Å²) in [5.74, 6) is 0.127. The minimum absolute atomic E-state index is 0.127. The van der Waals surface area contributed by atoms with Gasteiger partial charge < -0.3 is 16.0 Å². The van der Waals surface area contributed by atoms with Gasteiger partial charge in [-0.25, -0.2) is 0 Å². The first-order valence-corrected chi connectivity index (χ1v) is 6.86. The predicted molar refractivity (Wildman–Crippen MR) is 78.1 cm³/mol. The number of hydrogen-bond acceptors (Lipinski definition) is 3. The molecule has 2 unspecified atom stereocenters. The highest BCUT2D eigenvalue weighted by atomic mass is 16.2. The Labute approximate surface area is 115 Å². The molecule has 0 aliphatic heterocycles. The molecule has 19 heavy (non-hydrogen) atoms. The highest BCUT2D eigenvalue weighted by molar-refractivity contribution is 5.78. The Balaban J connectivity index is 1.89. The van der Waals surface area contributed by atoms with Crippen molar-refractivity contribution in [3.8, 4) is 0 Å². The molecular weight excluding hydrogens is 238 g/mol. The monoisotopic (exact) mass is 261 g/mol. The molecule has 1 aliphatic carbocycles. The summed E-state index contributed by atoms with van der Waals surface area (Å²) < 4.78 is 0. The van der Waals surface area contributed by atoms with E-state index in [9.17, 15) is 4.79 Å². The molecule has 2 rings (SSSR count). The summed E-state index contributed by atoms with van der Waals surface area (Å²) in [6.07, 6.45) is 3.75. The lowest BCUT2D eigenvalue weighted by Gasteiger charge is -2.14. The summed E-state index contributed by atoms with van der Waals surface area (Å²) in [7, 11) is 3.56. The van der Waals surface area contributed by atoms with Crippen LogP contribution in [-0.2, 0) is 11.2 Å². The fourth-order valence-corrected chi connectivity index (χ4v) is 2.43. The van der Waals surface area contributed by atoms with Crippen molar-refractivity contribution in [1.82, 2.24) is 4.90 Å². The number of carbonyl (C=O) groups is 1. The van der Waals surface area contributed by atoms with Crippen LogP contribution < -0.4 is 11.1 Å². The van der Waals surface area contributed by atoms with Crippen molar-refractivity contribution in [1.29, 1.82) is 0 Å². The highest BCUT2D eigenvalue weighted by Crippen LogP contribution is 2.22. The van der Waals surface area contributed by atoms with Gasteiger partial charge in [-0.15, -0.1) is 0 Å². The SMILES string of the molecule is CN(C)C(=O)Cc1ccc(NC2CCC(N)C2)cc1. The average Bonchev–Trinajstić information content (AvgIpc) is 2.77. The van der Waals surface area contributed by atoms with E-state index in [1.807, 2.05) is 24.3 Å². The Bertz CT molecular complexity index is 428. The molecule has 4 heteroatoms. The van der Waals surface area contributed by atoms with Gasteiger partial charge in [0.05, 0.1) is 6.42 Å². The summed E-state index contributed by atoms with van der Waals surface area (Å²) >= 11 is 0. The van der Waals surface area contributed by atoms with Gasteiger partial charge in [0.2, 0.25) is 5.91 Å². The van der Waals surface area contributed by atoms with Gasteiger partial charge in [-0.05, 0) is 37.0 Å². The maximum atomic E-state index is 11.6. The van der Waals surface area contributed by atoms with E-state index in [0.29, 0.717) is 18.5 Å². The van der Waals surface area contributed by atoms with Crippen LogP contribution in [0.4, 0.5) is 5.69 Å². The maximum Gasteiger partial charge on any atom is 0.226 e. The number of rotatable bonds is 4. The highest BCUT2D eigenvalue weighted by Gasteiger charge is 2.21. The molecule has 1 fully saturated rings. The van der Waals surface area contributed by atoms with Crippen molar-refractivity contribution in [2.75, 3.05) is 19.4 Å². The van der Waals surface area contributed by atoms with Crippen molar-refractivity contribution in [2.45, 2.75) is 37.8 Å². The van der Waals surface area contributed by atoms with Crippen LogP contribution in [0, 0.1) is 0 Å². The van der Waals surface area contributed by atoms with Gasteiger partial charge in [-0.3, -0.25) is 4.79 Å². The number of likely N-dealkylation sites (N-methyl/N-ethyl adjacent to an activating group) is 1. The van der Waals surface area contributed by atoms with Crippen LogP contribution in [0.15, 0.2) is 24.3 Å². The minimum atomic E-state index is 0.127. The molecule has 1 aliphatic rings. The molecule has 3 N–H and O–H groups in total. The first-order chi connectivity index (χ1) is 9.04. The van der Waals surface area contributed by atoms with Crippen LogP contribution in [-0.4, -0.2) is 37.0 Å². The van der Waals surface area contributed by atoms with E-state index in [-0.39, 0.29) is 5.91 Å². The zero-order chi connectivity index (χ0) is 13.8. The van der Waals surface area contributed by atoms with Gasteiger partial charge in [-0.2, -0.15) is 0 Å². The second-order valence-corrected chi connectivity index (χ2v) is 5.58. The molecule has 0 spiro atoms. The number of nitrogens with two attached hydrogens (primary N) is 1. The van der Waals surface area contributed by atoms with Gasteiger partial charge in [0, 0.05) is 31.9 Å². The van der Waals surface area contributed by atoms with Crippen molar-refractivity contribution in [3.05, 3.63) is 29.8 Å². The van der Waals surface area contributed by atoms with Crippen LogP contribution in [0.25, 0.3) is 0 Å². The van der Waals surface area contributed by atoms with Gasteiger partial charge in [-0.1, -0.05) is 12.1 Å². The zero-order valence-electron chi connectivity index (χ0n) is 11.7. The Morgan fingerprint density at radius 2 is 2.00 bits per heavy atom. The minimum Gasteiger partial charge on any atom is -0.382 e. The van der Waals surface area contributed by atoms with Crippen molar-refractivity contribution < 1.29 is 4.79 Å². The third-order valence-electron chi connectivity index (χ3n) is 3.65. The number of carbonyl (C=O) groups excluding carboxylic acids is 1. The van der Waals surface area contributed by atoms with Crippen molar-refractivity contribution >= 4 is 11.6 Å². The summed E-state index contributed by atoms with van der Waals surface area (Å²) in [5, 5.41) is 3.50. The van der Waals surface area contributed by atoms with Gasteiger partial charge in [0.1, 0.15) is 0 Å². The first kappa shape index (κ1) is 13.9. The Hall–Kier alpha value is -1.55. The Morgan fingerprint density at radius 3 is 2.53 bits per heavy atom. The fourth-order valence-electron chi connectivity index (χ4n) is 2.43. The molecule has 1 aromatic carbocycles. The molecule has 1 amide bonds. The molecular formula is C15H23N3O. The number of amides is 1. The number of nitrogens with one attached hydrogen (secondary N) is 1. The number of nitrogens with zero attached hydrogens (tertiary/aromatic N) is 1. The van der Waals surface area contributed by atoms with E-state index < -0.39 is 0 Å². The summed E-state index contributed by atoms with van der Waals surface area (Å²) in [6.45, 7) is 0. The lowest BCUT2D eigenvalue weighted by Crippen LogP contribution is -2.23. The molecule has 0 heterocycles. The van der Waals surface area contributed by atoms with Crippen LogP contribution >= 0.6 is 0 Å². The van der Waals surface area contributed by atoms with Gasteiger partial charge >= 0.3 is 0 Å². The quantitative estimate of drug-likeness (QED) is 0.865. The molecule has 0 bridgehead atoms. The Morgan fingerprint density at radius 1 is 1.32 bits per heavy atom. The normalized spacial score (nSPS) is 22.3. The summed E-state index contributed by atoms with van der Waals surface area (Å²) in [4.78, 5) is 13.2. The van der Waals surface area contributed by atoms with Crippen LogP contribution in [0.2, 0.25) is 0 Å². The second kappa shape index (κ2) is 6.06. The molecule has 0 saturated heterocycles. The third-order valence-corrected chi connectivity index (χ3v) is 3.65. The molecule has 0 aromatic heterocycles. The average molecular weight is 261 g/mol. The smallest absolute Gasteiger partial charge is 0.226 e. The molecule has 1 saturated carbocycles. The third kappa shape index (κ3) is 3.96. The van der Waals surface area contributed by atoms with Gasteiger partial charge in [0.25, 0.3) is 0 Å². The van der Waals surface area contributed by atoms with Gasteiger partial charge in [0.15, 0.2) is 0 Å². The zero-order valence-corrected chi connectivity index (χ0v) is 11.7. The largest absolute Gasteiger partial charge is 0.382 e. The van der Waals surface area contributed by atoms with Crippen LogP contribution in [0.1, 0.15) is 24.8 Å². The van der Waals surface area contributed by atoms with Crippen LogP contribution in [0.3, 0.4) is 0 Å². The summed E-state index contributed by atoms with van der Waals surface area (Å²) in [5.41, 5.74) is 8.06. The molecule has 0 radical (unpaired) electrons. The van der Waals surface area contributed by atoms with E-state index in [4.69, 9.17) is 5.73 Å². The maximum absolute atomic E-state index is 11.6. The molecule has 4 nitrogen and oxygen atoms in total. The number of hydrogen-bond donors (Lipinski definition) is 2. The number of anilines is 1. The van der Waals surface area contributed by atoms with E-state index >= 15 is 0 Å². The van der Waals surface area contributed by atoms with E-state index in [1.54, 1.807) is 19.0 Å². The summed E-state index contributed by atoms with van der Waals surface area (Å²) in [6, 6.07) is 8.94. The molecule has 104 valence electrons. The fraction of sp³-hybridized carbons (Fsp3) is 0.533. The van der Waals surface area contributed by atoms with E-state index in [2.05, 4.69) is 5.32 Å². The molecule has 2 atom stereocenters. The molecule has 1 aromatic rings. The van der Waals surface area contributed by atoms with E-state index in [1.165, 1.54) is 0 Å².